The van der Waals surface area contributed by atoms with Crippen LogP contribution in [0, 0.1) is 0 Å². The maximum absolute atomic E-state index is 12.7. The largest absolute Gasteiger partial charge is 0.349 e. The number of carbonyl (C=O) groups excluding carboxylic acids is 2. The number of nitrogens with zero attached hydrogens (tertiary/aromatic N) is 3. The lowest BCUT2D eigenvalue weighted by molar-refractivity contribution is 0.0698. The first kappa shape index (κ1) is 18.8. The SMILES string of the molecule is O=C(NC1CCN(C(=O)c2ccncc2)CC1)c1cncc(-c2ccccc2)c1. The molecule has 2 amide bonds. The second kappa shape index (κ2) is 8.65. The molecule has 146 valence electrons. The molecule has 2 aromatic heterocycles. The van der Waals surface area contributed by atoms with Gasteiger partial charge >= 0.3 is 0 Å². The Morgan fingerprint density at radius 1 is 0.862 bits per heavy atom. The van der Waals surface area contributed by atoms with Gasteiger partial charge in [-0.15, -0.1) is 0 Å². The quantitative estimate of drug-likeness (QED) is 0.747. The zero-order chi connectivity index (χ0) is 20.1. The molecule has 1 aromatic carbocycles. The number of carbonyl (C=O) groups is 2. The van der Waals surface area contributed by atoms with E-state index in [2.05, 4.69) is 15.3 Å². The third-order valence-electron chi connectivity index (χ3n) is 5.15. The normalized spacial score (nSPS) is 14.4. The summed E-state index contributed by atoms with van der Waals surface area (Å²) >= 11 is 0. The summed E-state index contributed by atoms with van der Waals surface area (Å²) in [5.74, 6) is -0.119. The highest BCUT2D eigenvalue weighted by atomic mass is 16.2. The fourth-order valence-corrected chi connectivity index (χ4v) is 3.53. The molecular weight excluding hydrogens is 364 g/mol. The van der Waals surface area contributed by atoms with Crippen molar-refractivity contribution in [2.75, 3.05) is 13.1 Å². The van der Waals surface area contributed by atoms with E-state index in [-0.39, 0.29) is 17.9 Å². The topological polar surface area (TPSA) is 75.2 Å². The third kappa shape index (κ3) is 4.48. The Balaban J connectivity index is 1.35. The van der Waals surface area contributed by atoms with Gasteiger partial charge in [0.25, 0.3) is 11.8 Å². The summed E-state index contributed by atoms with van der Waals surface area (Å²) in [6, 6.07) is 15.2. The number of pyridine rings is 2. The van der Waals surface area contributed by atoms with Crippen molar-refractivity contribution in [2.24, 2.45) is 0 Å². The standard InChI is InChI=1S/C23H22N4O2/c28-22(20-14-19(15-25-16-20)17-4-2-1-3-5-17)26-21-8-12-27(13-9-21)23(29)18-6-10-24-11-7-18/h1-7,10-11,14-16,21H,8-9,12-13H2,(H,26,28). The molecule has 0 aliphatic carbocycles. The lowest BCUT2D eigenvalue weighted by Gasteiger charge is -2.32. The fraction of sp³-hybridized carbons (Fsp3) is 0.217. The number of likely N-dealkylation sites (tertiary alicyclic amines) is 1. The van der Waals surface area contributed by atoms with Crippen LogP contribution in [0.2, 0.25) is 0 Å². The predicted molar refractivity (Wildman–Crippen MR) is 110 cm³/mol. The highest BCUT2D eigenvalue weighted by Gasteiger charge is 2.25. The zero-order valence-electron chi connectivity index (χ0n) is 16.0. The summed E-state index contributed by atoms with van der Waals surface area (Å²) in [6.07, 6.45) is 8.05. The van der Waals surface area contributed by atoms with Gasteiger partial charge < -0.3 is 10.2 Å². The Kier molecular flexibility index (Phi) is 5.61. The summed E-state index contributed by atoms with van der Waals surface area (Å²) in [4.78, 5) is 35.2. The molecule has 6 heteroatoms. The molecule has 0 atom stereocenters. The van der Waals surface area contributed by atoms with E-state index >= 15 is 0 Å². The lowest BCUT2D eigenvalue weighted by atomic mass is 10.0. The Hall–Kier alpha value is -3.54. The van der Waals surface area contributed by atoms with Gasteiger partial charge in [-0.25, -0.2) is 0 Å². The average molecular weight is 386 g/mol. The van der Waals surface area contributed by atoms with E-state index in [0.717, 1.165) is 24.0 Å². The van der Waals surface area contributed by atoms with Crippen LogP contribution in [-0.2, 0) is 0 Å². The molecule has 0 bridgehead atoms. The Labute approximate surface area is 169 Å². The number of aromatic nitrogens is 2. The van der Waals surface area contributed by atoms with Crippen molar-refractivity contribution in [3.63, 3.8) is 0 Å². The second-order valence-corrected chi connectivity index (χ2v) is 7.10. The summed E-state index contributed by atoms with van der Waals surface area (Å²) in [5, 5.41) is 3.09. The predicted octanol–water partition coefficient (Wildman–Crippen LogP) is 3.18. The first-order chi connectivity index (χ1) is 14.2. The van der Waals surface area contributed by atoms with Crippen molar-refractivity contribution >= 4 is 11.8 Å². The van der Waals surface area contributed by atoms with E-state index in [1.165, 1.54) is 0 Å². The van der Waals surface area contributed by atoms with E-state index in [1.807, 2.05) is 41.3 Å². The van der Waals surface area contributed by atoms with Gasteiger partial charge in [-0.3, -0.25) is 19.6 Å². The van der Waals surface area contributed by atoms with Crippen molar-refractivity contribution in [1.82, 2.24) is 20.2 Å². The van der Waals surface area contributed by atoms with Crippen molar-refractivity contribution in [1.29, 1.82) is 0 Å². The van der Waals surface area contributed by atoms with Gasteiger partial charge in [0.15, 0.2) is 0 Å². The molecule has 3 heterocycles. The molecule has 4 rings (SSSR count). The molecule has 1 aliphatic rings. The van der Waals surface area contributed by atoms with Crippen LogP contribution in [0.3, 0.4) is 0 Å². The van der Waals surface area contributed by atoms with Crippen LogP contribution in [0.1, 0.15) is 33.6 Å². The molecule has 0 radical (unpaired) electrons. The van der Waals surface area contributed by atoms with Crippen LogP contribution in [0.25, 0.3) is 11.1 Å². The monoisotopic (exact) mass is 386 g/mol. The summed E-state index contributed by atoms with van der Waals surface area (Å²) in [7, 11) is 0. The van der Waals surface area contributed by atoms with E-state index in [4.69, 9.17) is 0 Å². The van der Waals surface area contributed by atoms with Gasteiger partial charge in [-0.05, 0) is 36.6 Å². The molecule has 1 fully saturated rings. The second-order valence-electron chi connectivity index (χ2n) is 7.10. The third-order valence-corrected chi connectivity index (χ3v) is 5.15. The van der Waals surface area contributed by atoms with Crippen LogP contribution >= 0.6 is 0 Å². The van der Waals surface area contributed by atoms with E-state index in [1.54, 1.807) is 36.9 Å². The summed E-state index contributed by atoms with van der Waals surface area (Å²) in [5.41, 5.74) is 3.13. The number of piperidine rings is 1. The van der Waals surface area contributed by atoms with Crippen LogP contribution in [-0.4, -0.2) is 45.8 Å². The van der Waals surface area contributed by atoms with Crippen LogP contribution < -0.4 is 5.32 Å². The summed E-state index contributed by atoms with van der Waals surface area (Å²) in [6.45, 7) is 1.24. The highest BCUT2D eigenvalue weighted by Crippen LogP contribution is 2.19. The molecule has 6 nitrogen and oxygen atoms in total. The Morgan fingerprint density at radius 2 is 1.59 bits per heavy atom. The first-order valence-corrected chi connectivity index (χ1v) is 9.71. The van der Waals surface area contributed by atoms with Gasteiger partial charge in [0.05, 0.1) is 5.56 Å². The molecule has 0 saturated carbocycles. The first-order valence-electron chi connectivity index (χ1n) is 9.71. The molecule has 1 N–H and O–H groups in total. The maximum Gasteiger partial charge on any atom is 0.253 e. The van der Waals surface area contributed by atoms with Gasteiger partial charge in [-0.1, -0.05) is 30.3 Å². The molecule has 1 saturated heterocycles. The zero-order valence-corrected chi connectivity index (χ0v) is 16.0. The van der Waals surface area contributed by atoms with E-state index in [0.29, 0.717) is 24.2 Å². The molecule has 1 aliphatic heterocycles. The van der Waals surface area contributed by atoms with Crippen molar-refractivity contribution < 1.29 is 9.59 Å². The average Bonchev–Trinajstić information content (AvgIpc) is 2.80. The number of benzene rings is 1. The fourth-order valence-electron chi connectivity index (χ4n) is 3.53. The number of nitrogens with one attached hydrogen (secondary N) is 1. The highest BCUT2D eigenvalue weighted by molar-refractivity contribution is 5.95. The minimum absolute atomic E-state index is 0.0111. The van der Waals surface area contributed by atoms with E-state index < -0.39 is 0 Å². The number of hydrogen-bond acceptors (Lipinski definition) is 4. The molecule has 3 aromatic rings. The van der Waals surface area contributed by atoms with Gasteiger partial charge in [-0.2, -0.15) is 0 Å². The van der Waals surface area contributed by atoms with Gasteiger partial charge in [0.2, 0.25) is 0 Å². The Bertz CT molecular complexity index is 984. The van der Waals surface area contributed by atoms with Crippen LogP contribution in [0.4, 0.5) is 0 Å². The Morgan fingerprint density at radius 3 is 2.31 bits per heavy atom. The van der Waals surface area contributed by atoms with Gasteiger partial charge in [0.1, 0.15) is 0 Å². The van der Waals surface area contributed by atoms with Crippen molar-refractivity contribution in [2.45, 2.75) is 18.9 Å². The smallest absolute Gasteiger partial charge is 0.253 e. The van der Waals surface area contributed by atoms with Crippen molar-refractivity contribution in [3.8, 4) is 11.1 Å². The van der Waals surface area contributed by atoms with Crippen LogP contribution in [0.5, 0.6) is 0 Å². The maximum atomic E-state index is 12.7. The van der Waals surface area contributed by atoms with E-state index in [9.17, 15) is 9.59 Å². The van der Waals surface area contributed by atoms with Crippen molar-refractivity contribution in [3.05, 3.63) is 84.4 Å². The number of rotatable bonds is 4. The van der Waals surface area contributed by atoms with Crippen LogP contribution in [0.15, 0.2) is 73.3 Å². The molecule has 0 spiro atoms. The minimum atomic E-state index is -0.130. The van der Waals surface area contributed by atoms with Gasteiger partial charge in [0, 0.05) is 55.0 Å². The molecule has 29 heavy (non-hydrogen) atoms. The summed E-state index contributed by atoms with van der Waals surface area (Å²) < 4.78 is 0. The molecular formula is C23H22N4O2. The molecule has 0 unspecified atom stereocenters. The lowest BCUT2D eigenvalue weighted by Crippen LogP contribution is -2.46. The number of hydrogen-bond donors (Lipinski definition) is 1. The number of amides is 2. The minimum Gasteiger partial charge on any atom is -0.349 e.